The molecule has 2 rings (SSSR count). The van der Waals surface area contributed by atoms with E-state index in [9.17, 15) is 4.57 Å². The zero-order valence-electron chi connectivity index (χ0n) is 17.8. The summed E-state index contributed by atoms with van der Waals surface area (Å²) in [6.07, 6.45) is 5.65. The van der Waals surface area contributed by atoms with Crippen LogP contribution in [0, 0.1) is 0 Å². The van der Waals surface area contributed by atoms with Gasteiger partial charge in [0.2, 0.25) is 0 Å². The van der Waals surface area contributed by atoms with Crippen molar-refractivity contribution in [3.05, 3.63) is 69.8 Å². The van der Waals surface area contributed by atoms with Crippen molar-refractivity contribution in [2.75, 3.05) is 13.2 Å². The molecule has 0 radical (unpaired) electrons. The molecule has 0 unspecified atom stereocenters. The molecular weight excluding hydrogens is 367 g/mol. The first-order valence-corrected chi connectivity index (χ1v) is 11.9. The second kappa shape index (κ2) is 12.2. The maximum absolute atomic E-state index is 12.1. The number of hydrogen-bond donors (Lipinski definition) is 0. The first-order chi connectivity index (χ1) is 13.6. The first-order valence-electron chi connectivity index (χ1n) is 10.6. The largest absolute Gasteiger partial charge is 0.319 e. The molecule has 2 aromatic rings. The van der Waals surface area contributed by atoms with Gasteiger partial charge in [-0.1, -0.05) is 64.1 Å². The third-order valence-electron chi connectivity index (χ3n) is 5.39. The highest BCUT2D eigenvalue weighted by Crippen LogP contribution is 2.26. The molecule has 154 valence electrons. The summed E-state index contributed by atoms with van der Waals surface area (Å²) >= 11 is 0. The smallest absolute Gasteiger partial charge is 0.310 e. The lowest BCUT2D eigenvalue weighted by Crippen LogP contribution is -2.03. The molecule has 0 fully saturated rings. The first kappa shape index (κ1) is 22.9. The van der Waals surface area contributed by atoms with Crippen LogP contribution in [0.5, 0.6) is 0 Å². The van der Waals surface area contributed by atoms with E-state index < -0.39 is 8.25 Å². The van der Waals surface area contributed by atoms with Gasteiger partial charge in [-0.25, -0.2) is 0 Å². The molecule has 0 aromatic heterocycles. The van der Waals surface area contributed by atoms with E-state index in [0.29, 0.717) is 13.2 Å². The number of aryl methyl sites for hydroxylation is 2. The van der Waals surface area contributed by atoms with Crippen LogP contribution in [0.4, 0.5) is 0 Å². The summed E-state index contributed by atoms with van der Waals surface area (Å²) in [5.41, 5.74) is 8.17. The average molecular weight is 403 g/mol. The molecule has 4 heteroatoms. The Balaban J connectivity index is 1.80. The van der Waals surface area contributed by atoms with Crippen LogP contribution in [0.15, 0.2) is 36.4 Å². The minimum absolute atomic E-state index is 0.434. The fraction of sp³-hybridized carbons (Fsp3) is 0.500. The second-order valence-corrected chi connectivity index (χ2v) is 8.05. The Hall–Kier alpha value is -1.41. The van der Waals surface area contributed by atoms with Crippen LogP contribution in [0.3, 0.4) is 0 Å². The Bertz CT molecular complexity index is 707. The zero-order chi connectivity index (χ0) is 20.4. The molecule has 0 spiro atoms. The molecule has 3 nitrogen and oxygen atoms in total. The molecule has 0 N–H and O–H groups in total. The Morgan fingerprint density at radius 2 is 1.04 bits per heavy atom. The van der Waals surface area contributed by atoms with Crippen LogP contribution in [-0.2, 0) is 52.1 Å². The quantitative estimate of drug-likeness (QED) is 0.400. The van der Waals surface area contributed by atoms with Gasteiger partial charge in [-0.3, -0.25) is 4.57 Å². The van der Waals surface area contributed by atoms with Gasteiger partial charge in [0.15, 0.2) is 0 Å². The Morgan fingerprint density at radius 3 is 1.39 bits per heavy atom. The van der Waals surface area contributed by atoms with E-state index in [-0.39, 0.29) is 0 Å². The minimum Gasteiger partial charge on any atom is -0.310 e. The molecule has 0 saturated heterocycles. The van der Waals surface area contributed by atoms with Crippen LogP contribution in [0.25, 0.3) is 0 Å². The summed E-state index contributed by atoms with van der Waals surface area (Å²) in [6, 6.07) is 12.9. The lowest BCUT2D eigenvalue weighted by Gasteiger charge is -2.13. The molecule has 2 aromatic carbocycles. The van der Waals surface area contributed by atoms with E-state index in [0.717, 1.165) is 38.5 Å². The molecule has 0 bridgehead atoms. The summed E-state index contributed by atoms with van der Waals surface area (Å²) in [4.78, 5) is 0. The summed E-state index contributed by atoms with van der Waals surface area (Å²) in [5.74, 6) is 0. The second-order valence-electron chi connectivity index (χ2n) is 6.97. The molecule has 0 saturated carbocycles. The van der Waals surface area contributed by atoms with E-state index in [1.165, 1.54) is 33.4 Å². The maximum Gasteiger partial charge on any atom is 0.319 e. The van der Waals surface area contributed by atoms with Crippen LogP contribution in [0.2, 0.25) is 0 Å². The predicted molar refractivity (Wildman–Crippen MR) is 119 cm³/mol. The van der Waals surface area contributed by atoms with Crippen LogP contribution in [-0.4, -0.2) is 13.2 Å². The van der Waals surface area contributed by atoms with Crippen molar-refractivity contribution in [3.8, 4) is 0 Å². The third-order valence-corrected chi connectivity index (χ3v) is 6.27. The fourth-order valence-electron chi connectivity index (χ4n) is 3.95. The highest BCUT2D eigenvalue weighted by Gasteiger charge is 2.08. The van der Waals surface area contributed by atoms with Crippen LogP contribution >= 0.6 is 8.25 Å². The van der Waals surface area contributed by atoms with Crippen LogP contribution in [0.1, 0.15) is 61.1 Å². The van der Waals surface area contributed by atoms with Gasteiger partial charge >= 0.3 is 8.25 Å². The van der Waals surface area contributed by atoms with Gasteiger partial charge in [-0.15, -0.1) is 0 Å². The summed E-state index contributed by atoms with van der Waals surface area (Å²) < 4.78 is 23.1. The highest BCUT2D eigenvalue weighted by molar-refractivity contribution is 7.33. The Morgan fingerprint density at radius 1 is 0.643 bits per heavy atom. The molecule has 0 aliphatic carbocycles. The van der Waals surface area contributed by atoms with Crippen molar-refractivity contribution in [2.45, 2.75) is 66.2 Å². The molecule has 0 amide bonds. The molecular formula is C24H35O3P. The number of rotatable bonds is 12. The van der Waals surface area contributed by atoms with E-state index in [4.69, 9.17) is 9.05 Å². The molecule has 0 aliphatic rings. The van der Waals surface area contributed by atoms with E-state index in [2.05, 4.69) is 64.1 Å². The lowest BCUT2D eigenvalue weighted by molar-refractivity contribution is 0.229. The van der Waals surface area contributed by atoms with E-state index >= 15 is 0 Å². The SMILES string of the molecule is CCc1cccc(CCO[PH](=O)OCCc2cccc(CC)c2CC)c1CC. The van der Waals surface area contributed by atoms with Gasteiger partial charge < -0.3 is 9.05 Å². The molecule has 0 heterocycles. The van der Waals surface area contributed by atoms with Gasteiger partial charge in [-0.2, -0.15) is 0 Å². The van der Waals surface area contributed by atoms with Gasteiger partial charge in [0, 0.05) is 0 Å². The summed E-state index contributed by atoms with van der Waals surface area (Å²) in [6.45, 7) is 9.60. The average Bonchev–Trinajstić information content (AvgIpc) is 2.73. The van der Waals surface area contributed by atoms with Crippen molar-refractivity contribution in [2.24, 2.45) is 0 Å². The zero-order valence-corrected chi connectivity index (χ0v) is 18.8. The van der Waals surface area contributed by atoms with Gasteiger partial charge in [0.05, 0.1) is 13.2 Å². The predicted octanol–water partition coefficient (Wildman–Crippen LogP) is 6.14. The van der Waals surface area contributed by atoms with Crippen molar-refractivity contribution >= 4 is 8.25 Å². The maximum atomic E-state index is 12.1. The molecule has 0 aliphatic heterocycles. The lowest BCUT2D eigenvalue weighted by atomic mass is 9.96. The van der Waals surface area contributed by atoms with Crippen molar-refractivity contribution in [1.82, 2.24) is 0 Å². The van der Waals surface area contributed by atoms with Crippen molar-refractivity contribution in [1.29, 1.82) is 0 Å². The van der Waals surface area contributed by atoms with Crippen molar-refractivity contribution < 1.29 is 13.6 Å². The fourth-order valence-corrected chi connectivity index (χ4v) is 4.57. The Kier molecular flexibility index (Phi) is 9.98. The van der Waals surface area contributed by atoms with Gasteiger partial charge in [0.25, 0.3) is 0 Å². The number of benzene rings is 2. The van der Waals surface area contributed by atoms with Gasteiger partial charge in [0.1, 0.15) is 0 Å². The van der Waals surface area contributed by atoms with E-state index in [1.54, 1.807) is 0 Å². The van der Waals surface area contributed by atoms with Crippen LogP contribution < -0.4 is 0 Å². The normalized spacial score (nSPS) is 11.3. The number of hydrogen-bond acceptors (Lipinski definition) is 3. The van der Waals surface area contributed by atoms with Gasteiger partial charge in [-0.05, 0) is 71.9 Å². The monoisotopic (exact) mass is 402 g/mol. The third kappa shape index (κ3) is 6.30. The standard InChI is InChI=1S/C24H35O3P/c1-5-19-11-9-13-21(23(19)7-3)15-17-26-28(25)27-18-16-22-14-10-12-20(6-2)24(22)8-4/h9-14,28H,5-8,15-18H2,1-4H3. The highest BCUT2D eigenvalue weighted by atomic mass is 31.1. The van der Waals surface area contributed by atoms with Crippen molar-refractivity contribution in [3.63, 3.8) is 0 Å². The minimum atomic E-state index is -2.45. The summed E-state index contributed by atoms with van der Waals surface area (Å²) in [7, 11) is -2.45. The topological polar surface area (TPSA) is 35.5 Å². The van der Waals surface area contributed by atoms with E-state index in [1.807, 2.05) is 0 Å². The molecule has 28 heavy (non-hydrogen) atoms. The molecule has 0 atom stereocenters. The Labute approximate surface area is 171 Å². The summed E-state index contributed by atoms with van der Waals surface area (Å²) in [5, 5.41) is 0.